The molecular formula is C33H36N4O2. The summed E-state index contributed by atoms with van der Waals surface area (Å²) in [5.74, 6) is 0.914. The molecule has 4 aromatic rings. The third kappa shape index (κ3) is 4.43. The summed E-state index contributed by atoms with van der Waals surface area (Å²) < 4.78 is 5.86. The summed E-state index contributed by atoms with van der Waals surface area (Å²) in [7, 11) is 3.93. The van der Waals surface area contributed by atoms with E-state index in [0.717, 1.165) is 69.9 Å². The molecule has 6 rings (SSSR count). The minimum atomic E-state index is 0.0323. The van der Waals surface area contributed by atoms with Gasteiger partial charge in [-0.05, 0) is 80.9 Å². The van der Waals surface area contributed by atoms with Crippen LogP contribution in [0.25, 0.3) is 22.0 Å². The molecule has 2 atom stereocenters. The van der Waals surface area contributed by atoms with E-state index < -0.39 is 0 Å². The Bertz CT molecular complexity index is 1550. The Morgan fingerprint density at radius 2 is 1.67 bits per heavy atom. The van der Waals surface area contributed by atoms with Gasteiger partial charge in [0.2, 0.25) is 0 Å². The number of aryl methyl sites for hydroxylation is 1. The second-order valence-electron chi connectivity index (χ2n) is 11.0. The van der Waals surface area contributed by atoms with Gasteiger partial charge in [-0.2, -0.15) is 0 Å². The van der Waals surface area contributed by atoms with Crippen LogP contribution in [0.1, 0.15) is 35.5 Å². The van der Waals surface area contributed by atoms with Crippen LogP contribution in [0.3, 0.4) is 0 Å². The van der Waals surface area contributed by atoms with Gasteiger partial charge in [-0.1, -0.05) is 36.4 Å². The molecule has 0 unspecified atom stereocenters. The molecule has 0 radical (unpaired) electrons. The normalized spacial score (nSPS) is 19.4. The third-order valence-electron chi connectivity index (χ3n) is 8.54. The lowest BCUT2D eigenvalue weighted by molar-refractivity contribution is 0.0991. The summed E-state index contributed by atoms with van der Waals surface area (Å²) in [5.41, 5.74) is 6.86. The van der Waals surface area contributed by atoms with Crippen LogP contribution in [0.5, 0.6) is 5.75 Å². The molecule has 1 saturated heterocycles. The predicted octanol–water partition coefficient (Wildman–Crippen LogP) is 5.95. The van der Waals surface area contributed by atoms with E-state index in [2.05, 4.69) is 48.9 Å². The summed E-state index contributed by atoms with van der Waals surface area (Å²) in [4.78, 5) is 25.7. The van der Waals surface area contributed by atoms with Gasteiger partial charge >= 0.3 is 0 Å². The van der Waals surface area contributed by atoms with Gasteiger partial charge in [0.1, 0.15) is 5.75 Å². The zero-order valence-electron chi connectivity index (χ0n) is 23.4. The fourth-order valence-corrected chi connectivity index (χ4v) is 6.17. The molecule has 0 aliphatic carbocycles. The molecule has 2 aliphatic rings. The summed E-state index contributed by atoms with van der Waals surface area (Å²) in [6, 6.07) is 23.4. The molecule has 1 fully saturated rings. The van der Waals surface area contributed by atoms with Crippen LogP contribution in [0.15, 0.2) is 66.7 Å². The monoisotopic (exact) mass is 520 g/mol. The lowest BCUT2D eigenvalue weighted by Gasteiger charge is -2.44. The fraction of sp³-hybridized carbons (Fsp3) is 0.333. The zero-order chi connectivity index (χ0) is 27.3. The number of piperazine rings is 1. The smallest absolute Gasteiger partial charge is 0.258 e. The average Bonchev–Trinajstić information content (AvgIpc) is 3.37. The van der Waals surface area contributed by atoms with E-state index in [0.29, 0.717) is 24.2 Å². The van der Waals surface area contributed by atoms with Gasteiger partial charge < -0.3 is 14.5 Å². The maximum Gasteiger partial charge on any atom is 0.258 e. The Labute approximate surface area is 230 Å². The van der Waals surface area contributed by atoms with Gasteiger partial charge in [0, 0.05) is 54.2 Å². The van der Waals surface area contributed by atoms with E-state index in [1.54, 1.807) is 7.11 Å². The predicted molar refractivity (Wildman–Crippen MR) is 159 cm³/mol. The fourth-order valence-electron chi connectivity index (χ4n) is 6.17. The number of anilines is 2. The lowest BCUT2D eigenvalue weighted by Crippen LogP contribution is -2.55. The Hall–Kier alpha value is -3.90. The van der Waals surface area contributed by atoms with Gasteiger partial charge in [0.15, 0.2) is 0 Å². The summed E-state index contributed by atoms with van der Waals surface area (Å²) in [5, 5.41) is 1.99. The van der Waals surface area contributed by atoms with E-state index in [1.807, 2.05) is 60.4 Å². The number of hydrogen-bond acceptors (Lipinski definition) is 5. The van der Waals surface area contributed by atoms with Crippen molar-refractivity contribution in [3.8, 4) is 17.0 Å². The van der Waals surface area contributed by atoms with Crippen molar-refractivity contribution in [2.45, 2.75) is 39.3 Å². The zero-order valence-corrected chi connectivity index (χ0v) is 23.4. The van der Waals surface area contributed by atoms with Gasteiger partial charge in [0.25, 0.3) is 5.91 Å². The minimum absolute atomic E-state index is 0.0323. The first kappa shape index (κ1) is 25.4. The molecule has 0 N–H and O–H groups in total. The molecule has 3 heterocycles. The number of rotatable bonds is 4. The molecule has 0 bridgehead atoms. The third-order valence-corrected chi connectivity index (χ3v) is 8.54. The van der Waals surface area contributed by atoms with E-state index in [-0.39, 0.29) is 5.91 Å². The largest absolute Gasteiger partial charge is 0.495 e. The molecule has 0 spiro atoms. The first-order chi connectivity index (χ1) is 18.9. The van der Waals surface area contributed by atoms with Crippen LogP contribution in [0, 0.1) is 6.92 Å². The molecule has 39 heavy (non-hydrogen) atoms. The highest BCUT2D eigenvalue weighted by Crippen LogP contribution is 2.41. The Balaban J connectivity index is 1.39. The van der Waals surface area contributed by atoms with Crippen LogP contribution in [0.2, 0.25) is 0 Å². The maximum absolute atomic E-state index is 14.2. The number of hydrogen-bond donors (Lipinski definition) is 0. The number of amides is 1. The molecule has 200 valence electrons. The minimum Gasteiger partial charge on any atom is -0.495 e. The van der Waals surface area contributed by atoms with Gasteiger partial charge in [0.05, 0.1) is 18.5 Å². The average molecular weight is 521 g/mol. The van der Waals surface area contributed by atoms with E-state index >= 15 is 0 Å². The second-order valence-corrected chi connectivity index (χ2v) is 11.0. The van der Waals surface area contributed by atoms with Crippen molar-refractivity contribution in [2.75, 3.05) is 43.6 Å². The Morgan fingerprint density at radius 1 is 0.923 bits per heavy atom. The van der Waals surface area contributed by atoms with E-state index in [1.165, 1.54) is 0 Å². The number of nitrogens with zero attached hydrogens (tertiary/aromatic N) is 4. The van der Waals surface area contributed by atoms with Crippen LogP contribution < -0.4 is 14.5 Å². The molecule has 1 amide bonds. The molecule has 6 nitrogen and oxygen atoms in total. The highest BCUT2D eigenvalue weighted by Gasteiger charge is 2.32. The van der Waals surface area contributed by atoms with Crippen molar-refractivity contribution in [1.29, 1.82) is 0 Å². The van der Waals surface area contributed by atoms with Crippen molar-refractivity contribution in [3.05, 3.63) is 83.6 Å². The first-order valence-corrected chi connectivity index (χ1v) is 13.8. The highest BCUT2D eigenvalue weighted by molar-refractivity contribution is 6.17. The standard InChI is InChI=1S/C33H36N4O2/c1-21-9-8-12-29(34-21)27-13-14-28(26-11-7-6-10-25(26)27)33(38)37-16-15-24-17-32(39-5)31(18-30(24)37)36-19-22(2)35(4)23(3)20-36/h6-14,17-18,22-23H,15-16,19-20H2,1-5H3/t22-,23+. The topological polar surface area (TPSA) is 48.9 Å². The number of aromatic nitrogens is 1. The van der Waals surface area contributed by atoms with Crippen LogP contribution in [-0.4, -0.2) is 61.7 Å². The molecule has 1 aromatic heterocycles. The number of carbonyl (C=O) groups excluding carboxylic acids is 1. The molecular weight excluding hydrogens is 484 g/mol. The van der Waals surface area contributed by atoms with Gasteiger partial charge in [-0.3, -0.25) is 14.7 Å². The maximum atomic E-state index is 14.2. The van der Waals surface area contributed by atoms with Gasteiger partial charge in [-0.25, -0.2) is 0 Å². The number of likely N-dealkylation sites (N-methyl/N-ethyl adjacent to an activating group) is 1. The van der Waals surface area contributed by atoms with Crippen molar-refractivity contribution in [1.82, 2.24) is 9.88 Å². The van der Waals surface area contributed by atoms with Crippen molar-refractivity contribution in [2.24, 2.45) is 0 Å². The molecule has 0 saturated carbocycles. The van der Waals surface area contributed by atoms with Crippen LogP contribution >= 0.6 is 0 Å². The number of ether oxygens (including phenoxy) is 1. The second kappa shape index (κ2) is 10.0. The summed E-state index contributed by atoms with van der Waals surface area (Å²) in [6.07, 6.45) is 0.816. The SMILES string of the molecule is COc1cc2c(cc1N1C[C@@H](C)N(C)[C@@H](C)C1)N(C(=O)c1ccc(-c3cccc(C)n3)c3ccccc13)CC2. The van der Waals surface area contributed by atoms with Crippen LogP contribution in [-0.2, 0) is 6.42 Å². The lowest BCUT2D eigenvalue weighted by atomic mass is 9.96. The van der Waals surface area contributed by atoms with Crippen molar-refractivity contribution < 1.29 is 9.53 Å². The van der Waals surface area contributed by atoms with E-state index in [9.17, 15) is 4.79 Å². The number of fused-ring (bicyclic) bond motifs is 2. The van der Waals surface area contributed by atoms with Crippen molar-refractivity contribution >= 4 is 28.1 Å². The number of benzene rings is 3. The first-order valence-electron chi connectivity index (χ1n) is 13.8. The summed E-state index contributed by atoms with van der Waals surface area (Å²) in [6.45, 7) is 9.03. The number of pyridine rings is 1. The van der Waals surface area contributed by atoms with Gasteiger partial charge in [-0.15, -0.1) is 0 Å². The van der Waals surface area contributed by atoms with Crippen molar-refractivity contribution in [3.63, 3.8) is 0 Å². The van der Waals surface area contributed by atoms with Crippen LogP contribution in [0.4, 0.5) is 11.4 Å². The molecule has 2 aliphatic heterocycles. The summed E-state index contributed by atoms with van der Waals surface area (Å²) >= 11 is 0. The van der Waals surface area contributed by atoms with E-state index in [4.69, 9.17) is 9.72 Å². The Kier molecular flexibility index (Phi) is 6.51. The number of carbonyl (C=O) groups is 1. The molecule has 6 heteroatoms. The number of methoxy groups -OCH3 is 1. The Morgan fingerprint density at radius 3 is 2.38 bits per heavy atom. The highest BCUT2D eigenvalue weighted by atomic mass is 16.5. The quantitative estimate of drug-likeness (QED) is 0.333. The molecule has 3 aromatic carbocycles.